The van der Waals surface area contributed by atoms with Gasteiger partial charge in [-0.2, -0.15) is 0 Å². The molecule has 5 heteroatoms. The number of aliphatic imine (C=N–C) groups is 1. The van der Waals surface area contributed by atoms with Crippen LogP contribution in [0.5, 0.6) is 11.5 Å². The van der Waals surface area contributed by atoms with Crippen LogP contribution in [0, 0.1) is 0 Å². The number of guanidine groups is 1. The average molecular weight is 355 g/mol. The van der Waals surface area contributed by atoms with Gasteiger partial charge in [0, 0.05) is 18.7 Å². The second-order valence-corrected chi connectivity index (χ2v) is 7.04. The number of nitrogens with zero attached hydrogens (tertiary/aromatic N) is 1. The van der Waals surface area contributed by atoms with Crippen molar-refractivity contribution in [1.29, 1.82) is 0 Å². The predicted octanol–water partition coefficient (Wildman–Crippen LogP) is 3.82. The van der Waals surface area contributed by atoms with Crippen molar-refractivity contribution >= 4 is 5.96 Å². The van der Waals surface area contributed by atoms with E-state index < -0.39 is 0 Å². The standard InChI is InChI=1S/C21H29N3O2/c1-5-22-20(23-14-16-10-12-18(25)13-11-16)24-15-17-8-6-7-9-19(17)26-21(2,3)4/h6-13,25H,5,14-15H2,1-4H3,(H2,22,23,24). The molecule has 2 aromatic rings. The Bertz CT molecular complexity index is 719. The number of aromatic hydroxyl groups is 1. The molecule has 0 spiro atoms. The molecule has 2 rings (SSSR count). The summed E-state index contributed by atoms with van der Waals surface area (Å²) in [5.74, 6) is 1.88. The van der Waals surface area contributed by atoms with Gasteiger partial charge in [0.15, 0.2) is 5.96 Å². The fraction of sp³-hybridized carbons (Fsp3) is 0.381. The van der Waals surface area contributed by atoms with E-state index in [2.05, 4.69) is 21.7 Å². The Labute approximate surface area is 156 Å². The van der Waals surface area contributed by atoms with E-state index in [1.54, 1.807) is 12.1 Å². The van der Waals surface area contributed by atoms with E-state index in [-0.39, 0.29) is 11.4 Å². The minimum absolute atomic E-state index is 0.242. The van der Waals surface area contributed by atoms with Gasteiger partial charge >= 0.3 is 0 Å². The first kappa shape index (κ1) is 19.6. The molecule has 0 saturated heterocycles. The Hall–Kier alpha value is -2.69. The zero-order valence-electron chi connectivity index (χ0n) is 16.0. The van der Waals surface area contributed by atoms with Crippen LogP contribution in [0.25, 0.3) is 0 Å². The fourth-order valence-corrected chi connectivity index (χ4v) is 2.37. The zero-order chi connectivity index (χ0) is 19.0. The van der Waals surface area contributed by atoms with Crippen LogP contribution in [0.15, 0.2) is 53.5 Å². The molecular weight excluding hydrogens is 326 g/mol. The van der Waals surface area contributed by atoms with E-state index >= 15 is 0 Å². The SMILES string of the molecule is CCNC(=NCc1ccc(O)cc1)NCc1ccccc1OC(C)(C)C. The number of hydrogen-bond acceptors (Lipinski definition) is 3. The van der Waals surface area contributed by atoms with Crippen molar-refractivity contribution in [2.24, 2.45) is 4.99 Å². The van der Waals surface area contributed by atoms with Gasteiger partial charge in [-0.05, 0) is 51.5 Å². The molecule has 2 aromatic carbocycles. The minimum Gasteiger partial charge on any atom is -0.508 e. The molecule has 0 fully saturated rings. The van der Waals surface area contributed by atoms with E-state index in [9.17, 15) is 5.11 Å². The fourth-order valence-electron chi connectivity index (χ4n) is 2.37. The molecule has 0 aliphatic rings. The number of nitrogens with one attached hydrogen (secondary N) is 2. The summed E-state index contributed by atoms with van der Waals surface area (Å²) in [7, 11) is 0. The second-order valence-electron chi connectivity index (χ2n) is 7.04. The number of phenols is 1. The number of rotatable bonds is 6. The second kappa shape index (κ2) is 9.13. The van der Waals surface area contributed by atoms with E-state index in [0.29, 0.717) is 13.1 Å². The van der Waals surface area contributed by atoms with Gasteiger partial charge < -0.3 is 20.5 Å². The minimum atomic E-state index is -0.242. The monoisotopic (exact) mass is 355 g/mol. The van der Waals surface area contributed by atoms with Gasteiger partial charge in [-0.25, -0.2) is 4.99 Å². The summed E-state index contributed by atoms with van der Waals surface area (Å²) in [6.45, 7) is 10.1. The molecule has 0 atom stereocenters. The molecule has 0 heterocycles. The van der Waals surface area contributed by atoms with Crippen molar-refractivity contribution in [3.63, 3.8) is 0 Å². The molecule has 0 bridgehead atoms. The van der Waals surface area contributed by atoms with Crippen molar-refractivity contribution < 1.29 is 9.84 Å². The highest BCUT2D eigenvalue weighted by atomic mass is 16.5. The predicted molar refractivity (Wildman–Crippen MR) is 107 cm³/mol. The highest BCUT2D eigenvalue weighted by Gasteiger charge is 2.14. The summed E-state index contributed by atoms with van der Waals surface area (Å²) in [5.41, 5.74) is 1.88. The Balaban J connectivity index is 2.04. The molecule has 5 nitrogen and oxygen atoms in total. The third-order valence-corrected chi connectivity index (χ3v) is 3.54. The Kier molecular flexibility index (Phi) is 6.89. The highest BCUT2D eigenvalue weighted by Crippen LogP contribution is 2.22. The Morgan fingerprint density at radius 2 is 1.73 bits per heavy atom. The van der Waals surface area contributed by atoms with Crippen LogP contribution >= 0.6 is 0 Å². The maximum atomic E-state index is 9.36. The summed E-state index contributed by atoms with van der Waals surface area (Å²) in [6, 6.07) is 15.1. The van der Waals surface area contributed by atoms with E-state index in [1.165, 1.54) is 0 Å². The summed E-state index contributed by atoms with van der Waals surface area (Å²) in [6.07, 6.45) is 0. The number of hydrogen-bond donors (Lipinski definition) is 3. The average Bonchev–Trinajstić information content (AvgIpc) is 2.58. The first-order valence-electron chi connectivity index (χ1n) is 8.94. The molecule has 26 heavy (non-hydrogen) atoms. The molecule has 0 aliphatic carbocycles. The maximum absolute atomic E-state index is 9.36. The first-order valence-corrected chi connectivity index (χ1v) is 8.94. The van der Waals surface area contributed by atoms with Crippen LogP contribution in [0.4, 0.5) is 0 Å². The summed E-state index contributed by atoms with van der Waals surface area (Å²) >= 11 is 0. The molecule has 140 valence electrons. The molecule has 0 aromatic heterocycles. The molecule has 3 N–H and O–H groups in total. The summed E-state index contributed by atoms with van der Waals surface area (Å²) in [5, 5.41) is 16.0. The van der Waals surface area contributed by atoms with Gasteiger partial charge in [-0.3, -0.25) is 0 Å². The summed E-state index contributed by atoms with van der Waals surface area (Å²) < 4.78 is 6.04. The lowest BCUT2D eigenvalue weighted by molar-refractivity contribution is 0.129. The highest BCUT2D eigenvalue weighted by molar-refractivity contribution is 5.79. The molecular formula is C21H29N3O2. The molecule has 0 amide bonds. The van der Waals surface area contributed by atoms with Crippen molar-refractivity contribution in [3.8, 4) is 11.5 Å². The van der Waals surface area contributed by atoms with Gasteiger partial charge in [0.2, 0.25) is 0 Å². The van der Waals surface area contributed by atoms with Crippen molar-refractivity contribution in [1.82, 2.24) is 10.6 Å². The van der Waals surface area contributed by atoms with Gasteiger partial charge in [-0.1, -0.05) is 30.3 Å². The van der Waals surface area contributed by atoms with Crippen LogP contribution in [0.3, 0.4) is 0 Å². The maximum Gasteiger partial charge on any atom is 0.191 e. The quantitative estimate of drug-likeness (QED) is 0.544. The zero-order valence-corrected chi connectivity index (χ0v) is 16.0. The normalized spacial score (nSPS) is 11.9. The van der Waals surface area contributed by atoms with Crippen molar-refractivity contribution in [2.75, 3.05) is 6.54 Å². The number of ether oxygens (including phenoxy) is 1. The lowest BCUT2D eigenvalue weighted by atomic mass is 10.1. The van der Waals surface area contributed by atoms with E-state index in [4.69, 9.17) is 4.74 Å². The molecule has 0 aliphatic heterocycles. The van der Waals surface area contributed by atoms with Gasteiger partial charge in [0.05, 0.1) is 6.54 Å². The summed E-state index contributed by atoms with van der Waals surface area (Å²) in [4.78, 5) is 4.60. The van der Waals surface area contributed by atoms with Crippen LogP contribution in [-0.4, -0.2) is 23.2 Å². The molecule has 0 unspecified atom stereocenters. The van der Waals surface area contributed by atoms with E-state index in [1.807, 2.05) is 58.0 Å². The van der Waals surface area contributed by atoms with Crippen molar-refractivity contribution in [3.05, 3.63) is 59.7 Å². The smallest absolute Gasteiger partial charge is 0.191 e. The van der Waals surface area contributed by atoms with E-state index in [0.717, 1.165) is 29.4 Å². The Morgan fingerprint density at radius 1 is 1.04 bits per heavy atom. The number of phenolic OH excluding ortho intramolecular Hbond substituents is 1. The number of benzene rings is 2. The van der Waals surface area contributed by atoms with Crippen LogP contribution in [0.2, 0.25) is 0 Å². The van der Waals surface area contributed by atoms with Crippen molar-refractivity contribution in [2.45, 2.75) is 46.4 Å². The van der Waals surface area contributed by atoms with Gasteiger partial charge in [0.1, 0.15) is 17.1 Å². The number of para-hydroxylation sites is 1. The van der Waals surface area contributed by atoms with Crippen LogP contribution < -0.4 is 15.4 Å². The van der Waals surface area contributed by atoms with Crippen LogP contribution in [0.1, 0.15) is 38.8 Å². The lowest BCUT2D eigenvalue weighted by Crippen LogP contribution is -2.37. The van der Waals surface area contributed by atoms with Gasteiger partial charge in [0.25, 0.3) is 0 Å². The first-order chi connectivity index (χ1) is 12.4. The third-order valence-electron chi connectivity index (χ3n) is 3.54. The third kappa shape index (κ3) is 6.67. The molecule has 0 saturated carbocycles. The topological polar surface area (TPSA) is 65.9 Å². The largest absolute Gasteiger partial charge is 0.508 e. The van der Waals surface area contributed by atoms with Crippen LogP contribution in [-0.2, 0) is 13.1 Å². The Morgan fingerprint density at radius 3 is 2.38 bits per heavy atom. The molecule has 0 radical (unpaired) electrons. The van der Waals surface area contributed by atoms with Gasteiger partial charge in [-0.15, -0.1) is 0 Å². The lowest BCUT2D eigenvalue weighted by Gasteiger charge is -2.23.